The van der Waals surface area contributed by atoms with E-state index in [1.807, 2.05) is 30.3 Å². The molecule has 1 unspecified atom stereocenters. The van der Waals surface area contributed by atoms with Crippen molar-refractivity contribution in [2.45, 2.75) is 12.8 Å². The number of para-hydroxylation sites is 2. The Kier molecular flexibility index (Phi) is 6.77. The maximum Gasteiger partial charge on any atom is 0.275 e. The molecule has 0 spiro atoms. The van der Waals surface area contributed by atoms with Gasteiger partial charge in [-0.15, -0.1) is 0 Å². The summed E-state index contributed by atoms with van der Waals surface area (Å²) in [5, 5.41) is 26.6. The molecule has 0 aliphatic carbocycles. The molecule has 0 radical (unpaired) electrons. The molecule has 3 aromatic carbocycles. The number of amides is 1. The number of hydrogen-bond donors (Lipinski definition) is 3. The van der Waals surface area contributed by atoms with Crippen LogP contribution < -0.4 is 15.5 Å². The minimum atomic E-state index is -0.602. The number of hydrogen-bond acceptors (Lipinski definition) is 6. The van der Waals surface area contributed by atoms with Gasteiger partial charge in [-0.25, -0.2) is 0 Å². The van der Waals surface area contributed by atoms with Gasteiger partial charge >= 0.3 is 0 Å². The number of nitrogens with one attached hydrogen (secondary N) is 2. The molecule has 8 nitrogen and oxygen atoms in total. The van der Waals surface area contributed by atoms with E-state index in [0.29, 0.717) is 13.1 Å². The van der Waals surface area contributed by atoms with Gasteiger partial charge in [0.1, 0.15) is 6.17 Å². The number of carbonyl (C=O) groups is 1. The molecule has 1 heterocycles. The average molecular weight is 444 g/mol. The summed E-state index contributed by atoms with van der Waals surface area (Å²) in [6.07, 6.45) is 4.05. The molecule has 1 atom stereocenters. The summed E-state index contributed by atoms with van der Waals surface area (Å²) in [6.45, 7) is 0.365. The third kappa shape index (κ3) is 4.92. The van der Waals surface area contributed by atoms with Crippen molar-refractivity contribution in [1.82, 2.24) is 10.6 Å². The predicted octanol–water partition coefficient (Wildman–Crippen LogP) is 3.60. The molecule has 0 saturated heterocycles. The van der Waals surface area contributed by atoms with Crippen molar-refractivity contribution in [1.29, 1.82) is 0 Å². The fourth-order valence-electron chi connectivity index (χ4n) is 3.83. The summed E-state index contributed by atoms with van der Waals surface area (Å²) in [6, 6.07) is 22.3. The van der Waals surface area contributed by atoms with Crippen molar-refractivity contribution in [2.75, 3.05) is 18.0 Å². The molecule has 168 valence electrons. The first-order chi connectivity index (χ1) is 16.1. The third-order valence-corrected chi connectivity index (χ3v) is 5.45. The second-order valence-corrected chi connectivity index (χ2v) is 7.54. The van der Waals surface area contributed by atoms with E-state index < -0.39 is 17.4 Å². The van der Waals surface area contributed by atoms with Gasteiger partial charge in [0.15, 0.2) is 0 Å². The Balaban J connectivity index is 1.41. The molecule has 33 heavy (non-hydrogen) atoms. The number of aliphatic hydroxyl groups excluding tert-OH is 1. The molecule has 0 bridgehead atoms. The molecule has 3 N–H and O–H groups in total. The first-order valence-corrected chi connectivity index (χ1v) is 10.6. The summed E-state index contributed by atoms with van der Waals surface area (Å²) in [7, 11) is 0. The molecule has 0 fully saturated rings. The highest BCUT2D eigenvalue weighted by Gasteiger charge is 2.23. The molecule has 1 aliphatic rings. The highest BCUT2D eigenvalue weighted by Crippen LogP contribution is 2.34. The number of nitro benzene ring substituents is 1. The quantitative estimate of drug-likeness (QED) is 0.278. The van der Waals surface area contributed by atoms with Crippen LogP contribution in [-0.2, 0) is 6.61 Å². The molecule has 0 saturated carbocycles. The molecule has 3 aromatic rings. The minimum absolute atomic E-state index is 0.107. The molecular formula is C25H24N4O4. The van der Waals surface area contributed by atoms with Crippen LogP contribution in [-0.4, -0.2) is 35.2 Å². The van der Waals surface area contributed by atoms with Crippen molar-refractivity contribution in [3.8, 4) is 0 Å². The first-order valence-electron chi connectivity index (χ1n) is 10.6. The molecule has 4 rings (SSSR count). The van der Waals surface area contributed by atoms with Crippen LogP contribution in [0.4, 0.5) is 17.1 Å². The largest absolute Gasteiger partial charge is 0.391 e. The van der Waals surface area contributed by atoms with Crippen LogP contribution in [0, 0.1) is 10.1 Å². The standard InChI is InChI=1S/C25H24N4O4/c30-17-20-11-10-19(16-23(20)29(32)33)25(31)27-15-14-26-24-13-12-18-6-4-5-9-22(18)28(24)21-7-2-1-3-8-21/h1-13,16,24,26,30H,14-15,17H2,(H,27,31). The maximum atomic E-state index is 12.5. The average Bonchev–Trinajstić information content (AvgIpc) is 2.86. The van der Waals surface area contributed by atoms with Crippen LogP contribution >= 0.6 is 0 Å². The Labute approximate surface area is 191 Å². The molecule has 1 amide bonds. The number of aliphatic hydroxyl groups is 1. The van der Waals surface area contributed by atoms with Crippen LogP contribution in [0.25, 0.3) is 6.08 Å². The van der Waals surface area contributed by atoms with E-state index in [2.05, 4.69) is 52.0 Å². The highest BCUT2D eigenvalue weighted by atomic mass is 16.6. The lowest BCUT2D eigenvalue weighted by Gasteiger charge is -2.36. The SMILES string of the molecule is O=C(NCCNC1C=Cc2ccccc2N1c1ccccc1)c1ccc(CO)c([N+](=O)[O-])c1. The zero-order chi connectivity index (χ0) is 23.2. The smallest absolute Gasteiger partial charge is 0.275 e. The van der Waals surface area contributed by atoms with Crippen molar-refractivity contribution < 1.29 is 14.8 Å². The van der Waals surface area contributed by atoms with Gasteiger partial charge in [-0.3, -0.25) is 20.2 Å². The zero-order valence-electron chi connectivity index (χ0n) is 17.8. The minimum Gasteiger partial charge on any atom is -0.391 e. The topological polar surface area (TPSA) is 108 Å². The second-order valence-electron chi connectivity index (χ2n) is 7.54. The third-order valence-electron chi connectivity index (χ3n) is 5.45. The summed E-state index contributed by atoms with van der Waals surface area (Å²) >= 11 is 0. The lowest BCUT2D eigenvalue weighted by atomic mass is 10.0. The van der Waals surface area contributed by atoms with E-state index >= 15 is 0 Å². The normalized spacial score (nSPS) is 14.6. The lowest BCUT2D eigenvalue weighted by Crippen LogP contribution is -2.46. The van der Waals surface area contributed by atoms with E-state index in [-0.39, 0.29) is 23.0 Å². The van der Waals surface area contributed by atoms with Gasteiger partial charge in [0.2, 0.25) is 0 Å². The molecule has 8 heteroatoms. The number of fused-ring (bicyclic) bond motifs is 1. The first kappa shape index (κ1) is 22.2. The highest BCUT2D eigenvalue weighted by molar-refractivity contribution is 5.95. The van der Waals surface area contributed by atoms with Crippen molar-refractivity contribution in [3.63, 3.8) is 0 Å². The van der Waals surface area contributed by atoms with Gasteiger partial charge < -0.3 is 15.3 Å². The van der Waals surface area contributed by atoms with Gasteiger partial charge in [-0.2, -0.15) is 0 Å². The lowest BCUT2D eigenvalue weighted by molar-refractivity contribution is -0.385. The van der Waals surface area contributed by atoms with Gasteiger partial charge in [0.25, 0.3) is 11.6 Å². The number of nitrogens with zero attached hydrogens (tertiary/aromatic N) is 2. The van der Waals surface area contributed by atoms with Crippen molar-refractivity contribution in [2.24, 2.45) is 0 Å². The summed E-state index contributed by atoms with van der Waals surface area (Å²) < 4.78 is 0. The van der Waals surface area contributed by atoms with Crippen molar-refractivity contribution >= 4 is 29.0 Å². The number of benzene rings is 3. The fourth-order valence-corrected chi connectivity index (χ4v) is 3.83. The van der Waals surface area contributed by atoms with Crippen LogP contribution in [0.3, 0.4) is 0 Å². The Hall–Kier alpha value is -4.01. The van der Waals surface area contributed by atoms with E-state index in [0.717, 1.165) is 16.9 Å². The van der Waals surface area contributed by atoms with E-state index in [1.54, 1.807) is 0 Å². The van der Waals surface area contributed by atoms with Gasteiger partial charge in [0, 0.05) is 30.4 Å². The van der Waals surface area contributed by atoms with E-state index in [9.17, 15) is 20.0 Å². The van der Waals surface area contributed by atoms with Crippen LogP contribution in [0.2, 0.25) is 0 Å². The Morgan fingerprint density at radius 3 is 2.55 bits per heavy atom. The van der Waals surface area contributed by atoms with Gasteiger partial charge in [0.05, 0.1) is 22.8 Å². The summed E-state index contributed by atoms with van der Waals surface area (Å²) in [5.41, 5.74) is 3.34. The van der Waals surface area contributed by atoms with Gasteiger partial charge in [-0.05, 0) is 42.0 Å². The number of nitro groups is 1. The summed E-state index contributed by atoms with van der Waals surface area (Å²) in [5.74, 6) is -0.408. The Bertz CT molecular complexity index is 1180. The number of anilines is 2. The zero-order valence-corrected chi connectivity index (χ0v) is 17.8. The van der Waals surface area contributed by atoms with Crippen molar-refractivity contribution in [3.05, 3.63) is 106 Å². The molecular weight excluding hydrogens is 420 g/mol. The van der Waals surface area contributed by atoms with E-state index in [1.165, 1.54) is 18.2 Å². The summed E-state index contributed by atoms with van der Waals surface area (Å²) in [4.78, 5) is 25.2. The molecule has 1 aliphatic heterocycles. The second kappa shape index (κ2) is 10.1. The number of rotatable bonds is 8. The number of carbonyl (C=O) groups excluding carboxylic acids is 1. The van der Waals surface area contributed by atoms with Crippen LogP contribution in [0.5, 0.6) is 0 Å². The predicted molar refractivity (Wildman–Crippen MR) is 127 cm³/mol. The monoisotopic (exact) mass is 444 g/mol. The molecule has 0 aromatic heterocycles. The Morgan fingerprint density at radius 1 is 1.03 bits per heavy atom. The van der Waals surface area contributed by atoms with Crippen LogP contribution in [0.1, 0.15) is 21.5 Å². The maximum absolute atomic E-state index is 12.5. The van der Waals surface area contributed by atoms with E-state index in [4.69, 9.17) is 0 Å². The van der Waals surface area contributed by atoms with Crippen LogP contribution in [0.15, 0.2) is 78.9 Å². The van der Waals surface area contributed by atoms with Gasteiger partial charge in [-0.1, -0.05) is 42.5 Å². The Morgan fingerprint density at radius 2 is 1.79 bits per heavy atom. The fraction of sp³-hybridized carbons (Fsp3) is 0.160.